The van der Waals surface area contributed by atoms with E-state index in [9.17, 15) is 18.4 Å². The average molecular weight is 356 g/mol. The van der Waals surface area contributed by atoms with Gasteiger partial charge >= 0.3 is 5.97 Å². The molecule has 0 aromatic heterocycles. The maximum Gasteiger partial charge on any atom is 0.344 e. The van der Waals surface area contributed by atoms with E-state index in [4.69, 9.17) is 9.47 Å². The minimum absolute atomic E-state index is 0.324. The number of methoxy groups -OCH3 is 1. The number of rotatable bonds is 5. The smallest absolute Gasteiger partial charge is 0.344 e. The Kier molecular flexibility index (Phi) is 4.93. The highest BCUT2D eigenvalue weighted by molar-refractivity contribution is 6.02. The lowest BCUT2D eigenvalue weighted by Crippen LogP contribution is -2.16. The van der Waals surface area contributed by atoms with Crippen molar-refractivity contribution in [1.29, 1.82) is 0 Å². The maximum atomic E-state index is 13.5. The van der Waals surface area contributed by atoms with Gasteiger partial charge in [0.15, 0.2) is 12.4 Å². The summed E-state index contributed by atoms with van der Waals surface area (Å²) in [6.07, 6.45) is 0. The fourth-order valence-electron chi connectivity index (χ4n) is 2.50. The minimum Gasteiger partial charge on any atom is -0.497 e. The van der Waals surface area contributed by atoms with Gasteiger partial charge in [-0.25, -0.2) is 13.6 Å². The van der Waals surface area contributed by atoms with E-state index >= 15 is 0 Å². The lowest BCUT2D eigenvalue weighted by molar-refractivity contribution is 0.0465. The number of halogens is 2. The van der Waals surface area contributed by atoms with Crippen LogP contribution in [0.4, 0.5) is 8.78 Å². The Hall–Kier alpha value is -3.28. The number of benzene rings is 3. The molecule has 3 rings (SSSR count). The van der Waals surface area contributed by atoms with Gasteiger partial charge in [0, 0.05) is 5.56 Å². The minimum atomic E-state index is -1.22. The number of esters is 1. The van der Waals surface area contributed by atoms with E-state index in [2.05, 4.69) is 0 Å². The molecule has 0 spiro atoms. The maximum absolute atomic E-state index is 13.5. The normalized spacial score (nSPS) is 10.6. The quantitative estimate of drug-likeness (QED) is 0.509. The molecule has 0 fully saturated rings. The third-order valence-electron chi connectivity index (χ3n) is 3.87. The van der Waals surface area contributed by atoms with E-state index in [0.29, 0.717) is 11.3 Å². The van der Waals surface area contributed by atoms with Gasteiger partial charge in [0.2, 0.25) is 0 Å². The van der Waals surface area contributed by atoms with E-state index in [0.717, 1.165) is 29.0 Å². The summed E-state index contributed by atoms with van der Waals surface area (Å²) in [4.78, 5) is 24.1. The van der Waals surface area contributed by atoms with Crippen molar-refractivity contribution in [2.75, 3.05) is 13.7 Å². The molecule has 6 heteroatoms. The number of ether oxygens (including phenoxy) is 2. The van der Waals surface area contributed by atoms with Crippen LogP contribution in [0.15, 0.2) is 54.6 Å². The zero-order valence-electron chi connectivity index (χ0n) is 13.8. The highest BCUT2D eigenvalue weighted by atomic mass is 19.1. The van der Waals surface area contributed by atoms with Crippen molar-refractivity contribution in [3.05, 3.63) is 77.4 Å². The summed E-state index contributed by atoms with van der Waals surface area (Å²) in [6, 6.07) is 13.4. The summed E-state index contributed by atoms with van der Waals surface area (Å²) in [5, 5.41) is 1.69. The van der Waals surface area contributed by atoms with Crippen molar-refractivity contribution in [2.45, 2.75) is 0 Å². The second-order valence-electron chi connectivity index (χ2n) is 5.52. The fourth-order valence-corrected chi connectivity index (χ4v) is 2.50. The Bertz CT molecular complexity index is 978. The van der Waals surface area contributed by atoms with Crippen LogP contribution in [0.5, 0.6) is 5.75 Å². The van der Waals surface area contributed by atoms with Gasteiger partial charge in [0.25, 0.3) is 0 Å². The first-order chi connectivity index (χ1) is 12.5. The largest absolute Gasteiger partial charge is 0.497 e. The van der Waals surface area contributed by atoms with Crippen molar-refractivity contribution in [2.24, 2.45) is 0 Å². The van der Waals surface area contributed by atoms with Gasteiger partial charge in [-0.3, -0.25) is 4.79 Å². The topological polar surface area (TPSA) is 52.6 Å². The lowest BCUT2D eigenvalue weighted by atomic mass is 10.0. The SMILES string of the molecule is COc1ccc2cc(C(=O)COC(=O)c3c(F)cccc3F)ccc2c1. The third-order valence-corrected chi connectivity index (χ3v) is 3.87. The molecule has 26 heavy (non-hydrogen) atoms. The predicted octanol–water partition coefficient (Wildman–Crippen LogP) is 4.17. The van der Waals surface area contributed by atoms with Gasteiger partial charge in [-0.1, -0.05) is 24.3 Å². The molecular weight excluding hydrogens is 342 g/mol. The van der Waals surface area contributed by atoms with Crippen molar-refractivity contribution < 1.29 is 27.8 Å². The van der Waals surface area contributed by atoms with E-state index < -0.39 is 35.6 Å². The summed E-state index contributed by atoms with van der Waals surface area (Å²) < 4.78 is 37.0. The second kappa shape index (κ2) is 7.31. The van der Waals surface area contributed by atoms with E-state index in [1.54, 1.807) is 37.4 Å². The average Bonchev–Trinajstić information content (AvgIpc) is 2.65. The molecule has 0 radical (unpaired) electrons. The van der Waals surface area contributed by atoms with E-state index in [1.807, 2.05) is 6.07 Å². The van der Waals surface area contributed by atoms with Gasteiger partial charge < -0.3 is 9.47 Å². The van der Waals surface area contributed by atoms with Crippen molar-refractivity contribution >= 4 is 22.5 Å². The van der Waals surface area contributed by atoms with Crippen LogP contribution in [-0.4, -0.2) is 25.5 Å². The van der Waals surface area contributed by atoms with Crippen LogP contribution in [0.3, 0.4) is 0 Å². The molecule has 0 aliphatic carbocycles. The number of carbonyl (C=O) groups is 2. The number of carbonyl (C=O) groups excluding carboxylic acids is 2. The molecule has 0 bridgehead atoms. The number of fused-ring (bicyclic) bond motifs is 1. The predicted molar refractivity (Wildman–Crippen MR) is 91.5 cm³/mol. The Labute approximate surface area is 148 Å². The van der Waals surface area contributed by atoms with Crippen molar-refractivity contribution in [3.63, 3.8) is 0 Å². The molecule has 0 saturated heterocycles. The first kappa shape index (κ1) is 17.5. The summed E-state index contributed by atoms with van der Waals surface area (Å²) in [5.74, 6) is -3.09. The molecule has 0 atom stereocenters. The Morgan fingerprint density at radius 3 is 2.27 bits per heavy atom. The zero-order chi connectivity index (χ0) is 18.7. The number of hydrogen-bond donors (Lipinski definition) is 0. The van der Waals surface area contributed by atoms with Crippen LogP contribution in [-0.2, 0) is 4.74 Å². The van der Waals surface area contributed by atoms with Gasteiger partial charge in [-0.15, -0.1) is 0 Å². The Morgan fingerprint density at radius 1 is 0.923 bits per heavy atom. The summed E-state index contributed by atoms with van der Waals surface area (Å²) >= 11 is 0. The third kappa shape index (κ3) is 3.54. The first-order valence-corrected chi connectivity index (χ1v) is 7.72. The summed E-state index contributed by atoms with van der Waals surface area (Å²) in [7, 11) is 1.56. The van der Waals surface area contributed by atoms with Gasteiger partial charge in [0.1, 0.15) is 22.9 Å². The molecule has 0 amide bonds. The Balaban J connectivity index is 1.74. The molecule has 0 aliphatic heterocycles. The molecule has 3 aromatic rings. The van der Waals surface area contributed by atoms with Crippen LogP contribution >= 0.6 is 0 Å². The molecule has 4 nitrogen and oxygen atoms in total. The highest BCUT2D eigenvalue weighted by Gasteiger charge is 2.20. The zero-order valence-corrected chi connectivity index (χ0v) is 13.8. The number of hydrogen-bond acceptors (Lipinski definition) is 4. The number of Topliss-reactive ketones (excluding diaryl/α,β-unsaturated/α-hetero) is 1. The van der Waals surface area contributed by atoms with E-state index in [1.165, 1.54) is 0 Å². The molecule has 0 aliphatic rings. The van der Waals surface area contributed by atoms with Crippen molar-refractivity contribution in [3.8, 4) is 5.75 Å². The van der Waals surface area contributed by atoms with Crippen LogP contribution in [0.1, 0.15) is 20.7 Å². The molecule has 3 aromatic carbocycles. The van der Waals surface area contributed by atoms with Gasteiger partial charge in [-0.05, 0) is 41.1 Å². The second-order valence-corrected chi connectivity index (χ2v) is 5.52. The monoisotopic (exact) mass is 356 g/mol. The standard InChI is InChI=1S/C20H14F2O4/c1-25-15-8-7-12-9-14(6-5-13(12)10-15)18(23)11-26-20(24)19-16(21)3-2-4-17(19)22/h2-10H,11H2,1H3. The summed E-state index contributed by atoms with van der Waals surface area (Å²) in [6.45, 7) is -0.617. The van der Waals surface area contributed by atoms with Gasteiger partial charge in [-0.2, -0.15) is 0 Å². The van der Waals surface area contributed by atoms with Crippen molar-refractivity contribution in [1.82, 2.24) is 0 Å². The molecule has 0 saturated carbocycles. The molecule has 0 unspecified atom stereocenters. The fraction of sp³-hybridized carbons (Fsp3) is 0.100. The van der Waals surface area contributed by atoms with Gasteiger partial charge in [0.05, 0.1) is 7.11 Å². The van der Waals surface area contributed by atoms with Crippen LogP contribution in [0.2, 0.25) is 0 Å². The highest BCUT2D eigenvalue weighted by Crippen LogP contribution is 2.22. The van der Waals surface area contributed by atoms with Crippen LogP contribution in [0, 0.1) is 11.6 Å². The molecule has 0 N–H and O–H groups in total. The first-order valence-electron chi connectivity index (χ1n) is 7.72. The molecule has 132 valence electrons. The van der Waals surface area contributed by atoms with Crippen LogP contribution in [0.25, 0.3) is 10.8 Å². The van der Waals surface area contributed by atoms with E-state index in [-0.39, 0.29) is 0 Å². The molecule has 0 heterocycles. The van der Waals surface area contributed by atoms with Crippen LogP contribution < -0.4 is 4.74 Å². The lowest BCUT2D eigenvalue weighted by Gasteiger charge is -2.07. The molecular formula is C20H14F2O4. The summed E-state index contributed by atoms with van der Waals surface area (Å²) in [5.41, 5.74) is -0.490. The Morgan fingerprint density at radius 2 is 1.58 bits per heavy atom. The number of ketones is 1.